The molecule has 0 spiro atoms. The van der Waals surface area contributed by atoms with Crippen LogP contribution in [-0.4, -0.2) is 43.3 Å². The standard InChI is InChI=1S/C19H31NO4Si/c1-19(2,3)25(4,5)24-16-11-12-17(21)20(13-16)18(22)23-14-15-9-7-6-8-10-15/h6-10,16-17,21H,11-14H2,1-5H3/t16-,17?/m0/s1. The van der Waals surface area contributed by atoms with Crippen molar-refractivity contribution in [2.75, 3.05) is 6.54 Å². The largest absolute Gasteiger partial charge is 0.444 e. The van der Waals surface area contributed by atoms with Gasteiger partial charge in [-0.25, -0.2) is 4.79 Å². The van der Waals surface area contributed by atoms with Gasteiger partial charge in [0.05, 0.1) is 12.6 Å². The third-order valence-corrected chi connectivity index (χ3v) is 9.75. The summed E-state index contributed by atoms with van der Waals surface area (Å²) >= 11 is 0. The van der Waals surface area contributed by atoms with Gasteiger partial charge in [-0.05, 0) is 36.5 Å². The first-order chi connectivity index (χ1) is 11.6. The average Bonchev–Trinajstić information content (AvgIpc) is 2.54. The van der Waals surface area contributed by atoms with E-state index in [0.717, 1.165) is 12.0 Å². The van der Waals surface area contributed by atoms with E-state index in [1.807, 2.05) is 30.3 Å². The molecule has 6 heteroatoms. The minimum absolute atomic E-state index is 0.0476. The zero-order chi connectivity index (χ0) is 18.7. The first-order valence-corrected chi connectivity index (χ1v) is 11.8. The van der Waals surface area contributed by atoms with E-state index >= 15 is 0 Å². The number of hydrogen-bond donors (Lipinski definition) is 1. The molecule has 1 aromatic carbocycles. The van der Waals surface area contributed by atoms with Gasteiger partial charge in [0.25, 0.3) is 0 Å². The molecule has 0 aromatic heterocycles. The van der Waals surface area contributed by atoms with Gasteiger partial charge in [-0.2, -0.15) is 0 Å². The highest BCUT2D eigenvalue weighted by Crippen LogP contribution is 2.38. The van der Waals surface area contributed by atoms with Gasteiger partial charge in [-0.3, -0.25) is 4.90 Å². The Bertz CT molecular complexity index is 571. The first-order valence-electron chi connectivity index (χ1n) is 8.93. The minimum Gasteiger partial charge on any atom is -0.444 e. The molecule has 0 saturated carbocycles. The van der Waals surface area contributed by atoms with Crippen LogP contribution in [0.5, 0.6) is 0 Å². The van der Waals surface area contributed by atoms with Crippen LogP contribution in [0.3, 0.4) is 0 Å². The van der Waals surface area contributed by atoms with Gasteiger partial charge in [0.1, 0.15) is 12.8 Å². The Labute approximate surface area is 152 Å². The second-order valence-corrected chi connectivity index (χ2v) is 13.0. The molecule has 0 radical (unpaired) electrons. The van der Waals surface area contributed by atoms with Crippen LogP contribution in [0.15, 0.2) is 30.3 Å². The Hall–Kier alpha value is -1.37. The number of amides is 1. The number of nitrogens with zero attached hydrogens (tertiary/aromatic N) is 1. The van der Waals surface area contributed by atoms with Gasteiger partial charge in [0.15, 0.2) is 8.32 Å². The van der Waals surface area contributed by atoms with Crippen LogP contribution < -0.4 is 0 Å². The highest BCUT2D eigenvalue weighted by atomic mass is 28.4. The minimum atomic E-state index is -1.91. The van der Waals surface area contributed by atoms with Crippen molar-refractivity contribution in [1.82, 2.24) is 4.90 Å². The Morgan fingerprint density at radius 3 is 2.48 bits per heavy atom. The summed E-state index contributed by atoms with van der Waals surface area (Å²) in [5.74, 6) is 0. The highest BCUT2D eigenvalue weighted by molar-refractivity contribution is 6.74. The molecule has 1 aliphatic rings. The second-order valence-electron chi connectivity index (χ2n) is 8.25. The highest BCUT2D eigenvalue weighted by Gasteiger charge is 2.41. The maximum Gasteiger partial charge on any atom is 0.412 e. The van der Waals surface area contributed by atoms with Crippen LogP contribution >= 0.6 is 0 Å². The number of likely N-dealkylation sites (tertiary alicyclic amines) is 1. The molecular formula is C19H31NO4Si. The molecule has 1 saturated heterocycles. The summed E-state index contributed by atoms with van der Waals surface area (Å²) in [6.45, 7) is 11.6. The summed E-state index contributed by atoms with van der Waals surface area (Å²) in [5.41, 5.74) is 0.927. The van der Waals surface area contributed by atoms with Crippen molar-refractivity contribution in [3.8, 4) is 0 Å². The van der Waals surface area contributed by atoms with E-state index in [1.165, 1.54) is 4.90 Å². The zero-order valence-electron chi connectivity index (χ0n) is 16.0. The lowest BCUT2D eigenvalue weighted by Gasteiger charge is -2.43. The van der Waals surface area contributed by atoms with Crippen LogP contribution in [0, 0.1) is 0 Å². The number of carbonyl (C=O) groups is 1. The van der Waals surface area contributed by atoms with Gasteiger partial charge in [0.2, 0.25) is 0 Å². The Balaban J connectivity index is 1.94. The number of carbonyl (C=O) groups excluding carboxylic acids is 1. The molecule has 0 aliphatic carbocycles. The number of aliphatic hydroxyl groups is 1. The Morgan fingerprint density at radius 1 is 1.24 bits per heavy atom. The molecule has 1 unspecified atom stereocenters. The fourth-order valence-electron chi connectivity index (χ4n) is 2.61. The van der Waals surface area contributed by atoms with Crippen molar-refractivity contribution in [3.05, 3.63) is 35.9 Å². The monoisotopic (exact) mass is 365 g/mol. The van der Waals surface area contributed by atoms with E-state index < -0.39 is 20.6 Å². The summed E-state index contributed by atoms with van der Waals surface area (Å²) in [4.78, 5) is 13.8. The third kappa shape index (κ3) is 5.30. The molecule has 1 aromatic rings. The fourth-order valence-corrected chi connectivity index (χ4v) is 3.99. The van der Waals surface area contributed by atoms with Crippen molar-refractivity contribution in [3.63, 3.8) is 0 Å². The zero-order valence-corrected chi connectivity index (χ0v) is 17.0. The summed E-state index contributed by atoms with van der Waals surface area (Å²) in [5, 5.41) is 10.3. The SMILES string of the molecule is CC(C)(C)[Si](C)(C)O[C@H]1CCC(O)N(C(=O)OCc2ccccc2)C1. The van der Waals surface area contributed by atoms with Crippen LogP contribution in [0.1, 0.15) is 39.2 Å². The van der Waals surface area contributed by atoms with Gasteiger partial charge < -0.3 is 14.3 Å². The summed E-state index contributed by atoms with van der Waals surface area (Å²) in [7, 11) is -1.91. The summed E-state index contributed by atoms with van der Waals surface area (Å²) < 4.78 is 11.8. The number of hydrogen-bond acceptors (Lipinski definition) is 4. The van der Waals surface area contributed by atoms with E-state index in [4.69, 9.17) is 9.16 Å². The van der Waals surface area contributed by atoms with Gasteiger partial charge in [-0.15, -0.1) is 0 Å². The molecule has 1 amide bonds. The fraction of sp³-hybridized carbons (Fsp3) is 0.632. The molecule has 5 nitrogen and oxygen atoms in total. The van der Waals surface area contributed by atoms with Crippen LogP contribution in [-0.2, 0) is 15.8 Å². The second kappa shape index (κ2) is 7.89. The summed E-state index contributed by atoms with van der Waals surface area (Å²) in [6.07, 6.45) is -0.0634. The van der Waals surface area contributed by atoms with E-state index in [0.29, 0.717) is 13.0 Å². The topological polar surface area (TPSA) is 59.0 Å². The molecule has 1 aliphatic heterocycles. The van der Waals surface area contributed by atoms with Crippen molar-refractivity contribution >= 4 is 14.4 Å². The molecule has 2 atom stereocenters. The van der Waals surface area contributed by atoms with Gasteiger partial charge in [0, 0.05) is 0 Å². The van der Waals surface area contributed by atoms with Crippen LogP contribution in [0.2, 0.25) is 18.1 Å². The molecule has 25 heavy (non-hydrogen) atoms. The van der Waals surface area contributed by atoms with E-state index in [2.05, 4.69) is 33.9 Å². The van der Waals surface area contributed by atoms with Crippen molar-refractivity contribution in [1.29, 1.82) is 0 Å². The molecule has 2 rings (SSSR count). The lowest BCUT2D eigenvalue weighted by molar-refractivity contribution is -0.0558. The Kier molecular flexibility index (Phi) is 6.29. The lowest BCUT2D eigenvalue weighted by Crippen LogP contribution is -2.53. The number of piperidine rings is 1. The van der Waals surface area contributed by atoms with Crippen LogP contribution in [0.4, 0.5) is 4.79 Å². The molecule has 1 fully saturated rings. The smallest absolute Gasteiger partial charge is 0.412 e. The average molecular weight is 366 g/mol. The maximum absolute atomic E-state index is 12.4. The van der Waals surface area contributed by atoms with E-state index in [1.54, 1.807) is 0 Å². The quantitative estimate of drug-likeness (QED) is 0.815. The molecular weight excluding hydrogens is 334 g/mol. The number of benzene rings is 1. The molecule has 0 bridgehead atoms. The first kappa shape index (κ1) is 19.9. The van der Waals surface area contributed by atoms with Crippen molar-refractivity contribution in [2.24, 2.45) is 0 Å². The van der Waals surface area contributed by atoms with Crippen molar-refractivity contribution < 1.29 is 19.1 Å². The Morgan fingerprint density at radius 2 is 1.88 bits per heavy atom. The normalized spacial score (nSPS) is 21.9. The number of rotatable bonds is 4. The maximum atomic E-state index is 12.4. The summed E-state index contributed by atoms with van der Waals surface area (Å²) in [6, 6.07) is 9.54. The van der Waals surface area contributed by atoms with E-state index in [9.17, 15) is 9.90 Å². The molecule has 1 N–H and O–H groups in total. The van der Waals surface area contributed by atoms with Crippen LogP contribution in [0.25, 0.3) is 0 Å². The predicted octanol–water partition coefficient (Wildman–Crippen LogP) is 4.13. The van der Waals surface area contributed by atoms with E-state index in [-0.39, 0.29) is 17.7 Å². The predicted molar refractivity (Wildman–Crippen MR) is 101 cm³/mol. The van der Waals surface area contributed by atoms with Gasteiger partial charge in [-0.1, -0.05) is 51.1 Å². The molecule has 140 valence electrons. The van der Waals surface area contributed by atoms with Crippen molar-refractivity contribution in [2.45, 2.75) is 70.7 Å². The number of aliphatic hydroxyl groups excluding tert-OH is 1. The third-order valence-electron chi connectivity index (χ3n) is 5.21. The molecule has 1 heterocycles. The lowest BCUT2D eigenvalue weighted by atomic mass is 10.1. The van der Waals surface area contributed by atoms with Gasteiger partial charge >= 0.3 is 6.09 Å². The number of ether oxygens (including phenoxy) is 1.